The van der Waals surface area contributed by atoms with E-state index in [4.69, 9.17) is 0 Å². The van der Waals surface area contributed by atoms with Gasteiger partial charge in [-0.25, -0.2) is 0 Å². The number of nitrogens with one attached hydrogen (secondary N) is 1. The van der Waals surface area contributed by atoms with Crippen molar-refractivity contribution in [1.82, 2.24) is 10.2 Å². The van der Waals surface area contributed by atoms with E-state index in [1.54, 1.807) is 0 Å². The van der Waals surface area contributed by atoms with Crippen LogP contribution in [0.5, 0.6) is 0 Å². The summed E-state index contributed by atoms with van der Waals surface area (Å²) in [6.07, 6.45) is 5.51. The third-order valence-corrected chi connectivity index (χ3v) is 3.38. The van der Waals surface area contributed by atoms with Crippen LogP contribution in [0, 0.1) is 0 Å². The van der Waals surface area contributed by atoms with Gasteiger partial charge >= 0.3 is 0 Å². The van der Waals surface area contributed by atoms with Crippen LogP contribution in [0.1, 0.15) is 39.5 Å². The Morgan fingerprint density at radius 3 is 2.46 bits per heavy atom. The Labute approximate surface area is 82.7 Å². The predicted molar refractivity (Wildman–Crippen MR) is 58.0 cm³/mol. The Morgan fingerprint density at radius 1 is 1.23 bits per heavy atom. The molecule has 1 fully saturated rings. The molecule has 0 aromatic heterocycles. The molecular formula is C11H24N2. The fourth-order valence-electron chi connectivity index (χ4n) is 2.50. The van der Waals surface area contributed by atoms with E-state index in [2.05, 4.69) is 31.1 Å². The molecule has 2 heteroatoms. The van der Waals surface area contributed by atoms with Crippen LogP contribution in [0.25, 0.3) is 0 Å². The quantitative estimate of drug-likeness (QED) is 0.717. The minimum Gasteiger partial charge on any atom is -0.317 e. The second-order valence-electron chi connectivity index (χ2n) is 4.03. The van der Waals surface area contributed by atoms with E-state index in [1.165, 1.54) is 38.8 Å². The van der Waals surface area contributed by atoms with E-state index in [0.29, 0.717) is 0 Å². The lowest BCUT2D eigenvalue weighted by Gasteiger charge is -2.36. The summed E-state index contributed by atoms with van der Waals surface area (Å²) in [4.78, 5) is 2.60. The molecule has 1 aliphatic carbocycles. The second-order valence-corrected chi connectivity index (χ2v) is 4.03. The molecule has 0 amide bonds. The fraction of sp³-hybridized carbons (Fsp3) is 1.00. The predicted octanol–water partition coefficient (Wildman–Crippen LogP) is 1.86. The first-order chi connectivity index (χ1) is 6.31. The molecule has 0 spiro atoms. The third kappa shape index (κ3) is 2.96. The summed E-state index contributed by atoms with van der Waals surface area (Å²) in [5.41, 5.74) is 0. The van der Waals surface area contributed by atoms with Crippen LogP contribution in [0.2, 0.25) is 0 Å². The maximum Gasteiger partial charge on any atom is 0.0110 e. The van der Waals surface area contributed by atoms with Crippen LogP contribution >= 0.6 is 0 Å². The summed E-state index contributed by atoms with van der Waals surface area (Å²) >= 11 is 0. The van der Waals surface area contributed by atoms with Gasteiger partial charge in [0.2, 0.25) is 0 Å². The Kier molecular flexibility index (Phi) is 4.74. The molecule has 0 heterocycles. The average molecular weight is 184 g/mol. The van der Waals surface area contributed by atoms with Crippen LogP contribution in [0.4, 0.5) is 0 Å². The van der Waals surface area contributed by atoms with Gasteiger partial charge in [-0.05, 0) is 39.4 Å². The van der Waals surface area contributed by atoms with Gasteiger partial charge in [0.05, 0.1) is 0 Å². The first-order valence-electron chi connectivity index (χ1n) is 5.73. The SMILES string of the molecule is CCN(CC)C1CCCC(NC)C1. The smallest absolute Gasteiger partial charge is 0.0110 e. The lowest BCUT2D eigenvalue weighted by molar-refractivity contribution is 0.154. The third-order valence-electron chi connectivity index (χ3n) is 3.38. The van der Waals surface area contributed by atoms with Crippen LogP contribution in [-0.4, -0.2) is 37.1 Å². The van der Waals surface area contributed by atoms with Gasteiger partial charge in [-0.3, -0.25) is 0 Å². The Hall–Kier alpha value is -0.0800. The topological polar surface area (TPSA) is 15.3 Å². The minimum atomic E-state index is 0.763. The standard InChI is InChI=1S/C11H24N2/c1-4-13(5-2)11-8-6-7-10(9-11)12-3/h10-12H,4-9H2,1-3H3. The molecule has 0 radical (unpaired) electrons. The number of rotatable bonds is 4. The van der Waals surface area contributed by atoms with Crippen LogP contribution in [0.15, 0.2) is 0 Å². The van der Waals surface area contributed by atoms with Crippen molar-refractivity contribution in [2.75, 3.05) is 20.1 Å². The maximum absolute atomic E-state index is 3.41. The van der Waals surface area contributed by atoms with Gasteiger partial charge in [-0.15, -0.1) is 0 Å². The minimum absolute atomic E-state index is 0.763. The molecule has 13 heavy (non-hydrogen) atoms. The second kappa shape index (κ2) is 5.61. The summed E-state index contributed by atoms with van der Waals surface area (Å²) in [6, 6.07) is 1.60. The zero-order chi connectivity index (χ0) is 9.68. The van der Waals surface area contributed by atoms with Crippen molar-refractivity contribution in [1.29, 1.82) is 0 Å². The van der Waals surface area contributed by atoms with Crippen molar-refractivity contribution in [3.05, 3.63) is 0 Å². The molecule has 1 saturated carbocycles. The highest BCUT2D eigenvalue weighted by atomic mass is 15.1. The highest BCUT2D eigenvalue weighted by Gasteiger charge is 2.23. The zero-order valence-electron chi connectivity index (χ0n) is 9.34. The summed E-state index contributed by atoms with van der Waals surface area (Å²) in [7, 11) is 2.09. The molecule has 0 bridgehead atoms. The summed E-state index contributed by atoms with van der Waals surface area (Å²) in [5, 5.41) is 3.41. The molecule has 0 aromatic carbocycles. The van der Waals surface area contributed by atoms with Crippen molar-refractivity contribution in [3.8, 4) is 0 Å². The van der Waals surface area contributed by atoms with E-state index in [1.807, 2.05) is 0 Å². The van der Waals surface area contributed by atoms with E-state index >= 15 is 0 Å². The first-order valence-corrected chi connectivity index (χ1v) is 5.73. The number of hydrogen-bond acceptors (Lipinski definition) is 2. The van der Waals surface area contributed by atoms with Gasteiger partial charge in [0.1, 0.15) is 0 Å². The Bertz CT molecular complexity index is 132. The normalized spacial score (nSPS) is 29.5. The monoisotopic (exact) mass is 184 g/mol. The highest BCUT2D eigenvalue weighted by molar-refractivity contribution is 4.82. The van der Waals surface area contributed by atoms with Gasteiger partial charge in [-0.1, -0.05) is 20.3 Å². The Morgan fingerprint density at radius 2 is 1.92 bits per heavy atom. The van der Waals surface area contributed by atoms with E-state index in [0.717, 1.165) is 12.1 Å². The molecule has 2 atom stereocenters. The van der Waals surface area contributed by atoms with Crippen molar-refractivity contribution in [2.45, 2.75) is 51.6 Å². The summed E-state index contributed by atoms with van der Waals surface area (Å²) in [6.45, 7) is 6.95. The van der Waals surface area contributed by atoms with Gasteiger partial charge < -0.3 is 10.2 Å². The van der Waals surface area contributed by atoms with Gasteiger partial charge in [0.25, 0.3) is 0 Å². The van der Waals surface area contributed by atoms with Crippen molar-refractivity contribution in [3.63, 3.8) is 0 Å². The van der Waals surface area contributed by atoms with Gasteiger partial charge in [-0.2, -0.15) is 0 Å². The molecular weight excluding hydrogens is 160 g/mol. The van der Waals surface area contributed by atoms with Crippen molar-refractivity contribution < 1.29 is 0 Å². The molecule has 78 valence electrons. The lowest BCUT2D eigenvalue weighted by atomic mass is 9.90. The molecule has 1 rings (SSSR count). The van der Waals surface area contributed by atoms with Crippen molar-refractivity contribution >= 4 is 0 Å². The van der Waals surface area contributed by atoms with Gasteiger partial charge in [0, 0.05) is 12.1 Å². The van der Waals surface area contributed by atoms with E-state index in [-0.39, 0.29) is 0 Å². The van der Waals surface area contributed by atoms with E-state index < -0.39 is 0 Å². The molecule has 2 unspecified atom stereocenters. The zero-order valence-corrected chi connectivity index (χ0v) is 9.34. The Balaban J connectivity index is 2.40. The summed E-state index contributed by atoms with van der Waals surface area (Å²) < 4.78 is 0. The van der Waals surface area contributed by atoms with Crippen molar-refractivity contribution in [2.24, 2.45) is 0 Å². The summed E-state index contributed by atoms with van der Waals surface area (Å²) in [5.74, 6) is 0. The van der Waals surface area contributed by atoms with Gasteiger partial charge in [0.15, 0.2) is 0 Å². The highest BCUT2D eigenvalue weighted by Crippen LogP contribution is 2.22. The van der Waals surface area contributed by atoms with Crippen LogP contribution in [0.3, 0.4) is 0 Å². The molecule has 0 aliphatic heterocycles. The average Bonchev–Trinajstić information content (AvgIpc) is 2.20. The van der Waals surface area contributed by atoms with Crippen LogP contribution < -0.4 is 5.32 Å². The fourth-order valence-corrected chi connectivity index (χ4v) is 2.50. The lowest BCUT2D eigenvalue weighted by Crippen LogP contribution is -2.43. The molecule has 1 N–H and O–H groups in total. The largest absolute Gasteiger partial charge is 0.317 e. The van der Waals surface area contributed by atoms with E-state index in [9.17, 15) is 0 Å². The molecule has 0 aromatic rings. The maximum atomic E-state index is 3.41. The number of nitrogens with zero attached hydrogens (tertiary/aromatic N) is 1. The van der Waals surface area contributed by atoms with Crippen LogP contribution in [-0.2, 0) is 0 Å². The number of hydrogen-bond donors (Lipinski definition) is 1. The first kappa shape index (κ1) is 11.0. The molecule has 0 saturated heterocycles. The molecule has 2 nitrogen and oxygen atoms in total. The molecule has 1 aliphatic rings.